The molecule has 2 N–H and O–H groups in total. The maximum Gasteiger partial charge on any atom is 0.183 e. The predicted octanol–water partition coefficient (Wildman–Crippen LogP) is 1.12. The summed E-state index contributed by atoms with van der Waals surface area (Å²) in [6.07, 6.45) is 3.12. The topological polar surface area (TPSA) is 64.7 Å². The Bertz CT molecular complexity index is 399. The van der Waals surface area contributed by atoms with Crippen LogP contribution in [-0.2, 0) is 0 Å². The first kappa shape index (κ1) is 7.67. The molecule has 0 aliphatic carbocycles. The second kappa shape index (κ2) is 3.18. The Kier molecular flexibility index (Phi) is 1.88. The minimum Gasteiger partial charge on any atom is -0.398 e. The minimum absolute atomic E-state index is 0.556. The third kappa shape index (κ3) is 1.46. The number of nitrogen functional groups attached to an aromatic ring is 1. The van der Waals surface area contributed by atoms with Gasteiger partial charge in [0.25, 0.3) is 0 Å². The third-order valence-corrected chi connectivity index (χ3v) is 1.68. The van der Waals surface area contributed by atoms with Crippen LogP contribution in [0.15, 0.2) is 36.7 Å². The van der Waals surface area contributed by atoms with E-state index < -0.39 is 0 Å². The van der Waals surface area contributed by atoms with Crippen LogP contribution in [0, 0.1) is 0 Å². The van der Waals surface area contributed by atoms with Crippen LogP contribution in [0.3, 0.4) is 0 Å². The number of nitrogens with zero attached hydrogens (tertiary/aromatic N) is 3. The number of benzene rings is 1. The smallest absolute Gasteiger partial charge is 0.183 e. The lowest BCUT2D eigenvalue weighted by Gasteiger charge is -2.00. The van der Waals surface area contributed by atoms with Gasteiger partial charge in [-0.3, -0.25) is 0 Å². The molecule has 0 aliphatic heterocycles. The molecule has 0 fully saturated rings. The Morgan fingerprint density at radius 1 is 1.08 bits per heavy atom. The van der Waals surface area contributed by atoms with Crippen molar-refractivity contribution in [3.8, 4) is 11.4 Å². The number of hydrogen-bond donors (Lipinski definition) is 1. The summed E-state index contributed by atoms with van der Waals surface area (Å²) in [6, 6.07) is 7.44. The molecule has 0 saturated heterocycles. The molecule has 0 unspecified atom stereocenters. The van der Waals surface area contributed by atoms with Crippen molar-refractivity contribution < 1.29 is 0 Å². The molecule has 64 valence electrons. The van der Waals surface area contributed by atoms with Crippen molar-refractivity contribution in [2.75, 3.05) is 5.73 Å². The monoisotopic (exact) mass is 172 g/mol. The van der Waals surface area contributed by atoms with Gasteiger partial charge in [0.2, 0.25) is 0 Å². The van der Waals surface area contributed by atoms with Gasteiger partial charge in [0.05, 0.1) is 6.20 Å². The second-order valence-corrected chi connectivity index (χ2v) is 2.55. The lowest BCUT2D eigenvalue weighted by atomic mass is 10.2. The van der Waals surface area contributed by atoms with Crippen molar-refractivity contribution in [3.63, 3.8) is 0 Å². The highest BCUT2D eigenvalue weighted by molar-refractivity contribution is 5.70. The fourth-order valence-electron chi connectivity index (χ4n) is 1.07. The zero-order chi connectivity index (χ0) is 9.10. The lowest BCUT2D eigenvalue weighted by molar-refractivity contribution is 0.980. The van der Waals surface area contributed by atoms with Crippen LogP contribution in [0.4, 0.5) is 5.69 Å². The van der Waals surface area contributed by atoms with Gasteiger partial charge in [0.15, 0.2) is 5.82 Å². The minimum atomic E-state index is 0.556. The fraction of sp³-hybridized carbons (Fsp3) is 0. The Labute approximate surface area is 75.5 Å². The molecule has 1 aromatic heterocycles. The quantitative estimate of drug-likeness (QED) is 0.654. The van der Waals surface area contributed by atoms with Crippen molar-refractivity contribution in [2.45, 2.75) is 0 Å². The summed E-state index contributed by atoms with van der Waals surface area (Å²) in [5, 5.41) is 7.60. The SMILES string of the molecule is Nc1ccccc1-c1nccnn1. The Hall–Kier alpha value is -1.97. The van der Waals surface area contributed by atoms with Gasteiger partial charge in [-0.05, 0) is 12.1 Å². The zero-order valence-corrected chi connectivity index (χ0v) is 6.88. The van der Waals surface area contributed by atoms with Gasteiger partial charge in [0, 0.05) is 17.4 Å². The highest BCUT2D eigenvalue weighted by Crippen LogP contribution is 2.20. The Morgan fingerprint density at radius 2 is 1.92 bits per heavy atom. The van der Waals surface area contributed by atoms with Crippen LogP contribution in [0.2, 0.25) is 0 Å². The van der Waals surface area contributed by atoms with Gasteiger partial charge < -0.3 is 5.73 Å². The molecule has 0 saturated carbocycles. The van der Waals surface area contributed by atoms with Crippen LogP contribution in [0.1, 0.15) is 0 Å². The molecule has 13 heavy (non-hydrogen) atoms. The van der Waals surface area contributed by atoms with Crippen LogP contribution in [-0.4, -0.2) is 15.2 Å². The predicted molar refractivity (Wildman–Crippen MR) is 49.7 cm³/mol. The van der Waals surface area contributed by atoms with Crippen LogP contribution < -0.4 is 5.73 Å². The number of anilines is 1. The molecule has 0 spiro atoms. The molecule has 1 heterocycles. The Morgan fingerprint density at radius 3 is 2.62 bits per heavy atom. The van der Waals surface area contributed by atoms with Crippen LogP contribution in [0.5, 0.6) is 0 Å². The molecule has 0 bridgehead atoms. The first-order valence-electron chi connectivity index (χ1n) is 3.86. The normalized spacial score (nSPS) is 9.85. The van der Waals surface area contributed by atoms with E-state index in [1.807, 2.05) is 24.3 Å². The summed E-state index contributed by atoms with van der Waals surface area (Å²) in [5.74, 6) is 0.556. The van der Waals surface area contributed by atoms with E-state index in [1.165, 1.54) is 6.20 Å². The van der Waals surface area contributed by atoms with E-state index in [2.05, 4.69) is 15.2 Å². The van der Waals surface area contributed by atoms with Gasteiger partial charge in [-0.1, -0.05) is 12.1 Å². The highest BCUT2D eigenvalue weighted by Gasteiger charge is 2.02. The maximum atomic E-state index is 5.74. The van der Waals surface area contributed by atoms with E-state index in [0.29, 0.717) is 11.5 Å². The maximum absolute atomic E-state index is 5.74. The fourth-order valence-corrected chi connectivity index (χ4v) is 1.07. The van der Waals surface area contributed by atoms with Crippen molar-refractivity contribution >= 4 is 5.69 Å². The molecule has 0 aliphatic rings. The lowest BCUT2D eigenvalue weighted by Crippen LogP contribution is -1.94. The first-order chi connectivity index (χ1) is 6.38. The largest absolute Gasteiger partial charge is 0.398 e. The van der Waals surface area contributed by atoms with E-state index in [1.54, 1.807) is 6.20 Å². The van der Waals surface area contributed by atoms with E-state index in [0.717, 1.165) is 5.56 Å². The molecule has 0 radical (unpaired) electrons. The van der Waals surface area contributed by atoms with Crippen LogP contribution in [0.25, 0.3) is 11.4 Å². The third-order valence-electron chi connectivity index (χ3n) is 1.68. The standard InChI is InChI=1S/C9H8N4/c10-8-4-2-1-3-7(8)9-11-5-6-12-13-9/h1-6H,10H2. The average Bonchev–Trinajstić information content (AvgIpc) is 2.20. The van der Waals surface area contributed by atoms with Crippen molar-refractivity contribution in [1.82, 2.24) is 15.2 Å². The summed E-state index contributed by atoms with van der Waals surface area (Å²) < 4.78 is 0. The zero-order valence-electron chi connectivity index (χ0n) is 6.88. The van der Waals surface area contributed by atoms with Crippen molar-refractivity contribution in [2.24, 2.45) is 0 Å². The summed E-state index contributed by atoms with van der Waals surface area (Å²) in [5.41, 5.74) is 7.22. The average molecular weight is 172 g/mol. The Balaban J connectivity index is 2.54. The number of hydrogen-bond acceptors (Lipinski definition) is 4. The van der Waals surface area contributed by atoms with Crippen molar-refractivity contribution in [3.05, 3.63) is 36.7 Å². The summed E-state index contributed by atoms with van der Waals surface area (Å²) in [4.78, 5) is 4.06. The van der Waals surface area contributed by atoms with Crippen molar-refractivity contribution in [1.29, 1.82) is 0 Å². The molecular formula is C9H8N4. The summed E-state index contributed by atoms with van der Waals surface area (Å²) in [7, 11) is 0. The molecule has 0 amide bonds. The number of aromatic nitrogens is 3. The van der Waals surface area contributed by atoms with E-state index in [4.69, 9.17) is 5.73 Å². The summed E-state index contributed by atoms with van der Waals surface area (Å²) in [6.45, 7) is 0. The first-order valence-corrected chi connectivity index (χ1v) is 3.86. The van der Waals surface area contributed by atoms with Crippen LogP contribution >= 0.6 is 0 Å². The van der Waals surface area contributed by atoms with Gasteiger partial charge in [0.1, 0.15) is 0 Å². The van der Waals surface area contributed by atoms with E-state index >= 15 is 0 Å². The molecular weight excluding hydrogens is 164 g/mol. The van der Waals surface area contributed by atoms with Gasteiger partial charge in [-0.25, -0.2) is 4.98 Å². The number of para-hydroxylation sites is 1. The summed E-state index contributed by atoms with van der Waals surface area (Å²) >= 11 is 0. The highest BCUT2D eigenvalue weighted by atomic mass is 15.1. The molecule has 1 aromatic carbocycles. The molecule has 2 aromatic rings. The van der Waals surface area contributed by atoms with E-state index in [9.17, 15) is 0 Å². The van der Waals surface area contributed by atoms with E-state index in [-0.39, 0.29) is 0 Å². The van der Waals surface area contributed by atoms with Gasteiger partial charge in [-0.15, -0.1) is 5.10 Å². The van der Waals surface area contributed by atoms with Gasteiger partial charge >= 0.3 is 0 Å². The number of nitrogens with two attached hydrogens (primary N) is 1. The molecule has 4 heteroatoms. The molecule has 0 atom stereocenters. The molecule has 2 rings (SSSR count). The number of rotatable bonds is 1. The second-order valence-electron chi connectivity index (χ2n) is 2.55. The van der Waals surface area contributed by atoms with Gasteiger partial charge in [-0.2, -0.15) is 5.10 Å². The molecule has 4 nitrogen and oxygen atoms in total.